The zero-order valence-electron chi connectivity index (χ0n) is 15.1. The maximum atomic E-state index is 12.7. The second kappa shape index (κ2) is 7.92. The zero-order valence-corrected chi connectivity index (χ0v) is 15.9. The van der Waals surface area contributed by atoms with Gasteiger partial charge in [-0.25, -0.2) is 0 Å². The minimum Gasteiger partial charge on any atom is -0.349 e. The molecule has 1 fully saturated rings. The molecule has 0 radical (unpaired) electrons. The number of benzene rings is 2. The summed E-state index contributed by atoms with van der Waals surface area (Å²) in [5.41, 5.74) is 1.62. The first-order chi connectivity index (χ1) is 13.2. The van der Waals surface area contributed by atoms with E-state index in [1.165, 1.54) is 12.8 Å². The van der Waals surface area contributed by atoms with E-state index in [-0.39, 0.29) is 11.9 Å². The minimum atomic E-state index is -0.0137. The number of nitrogens with one attached hydrogen (secondary N) is 1. The highest BCUT2D eigenvalue weighted by atomic mass is 32.2. The van der Waals surface area contributed by atoms with E-state index in [1.807, 2.05) is 54.6 Å². The van der Waals surface area contributed by atoms with E-state index in [4.69, 9.17) is 0 Å². The first-order valence-electron chi connectivity index (χ1n) is 9.08. The Morgan fingerprint density at radius 2 is 1.93 bits per heavy atom. The summed E-state index contributed by atoms with van der Waals surface area (Å²) in [4.78, 5) is 13.6. The molecule has 0 bridgehead atoms. The number of para-hydroxylation sites is 1. The number of tetrazole rings is 1. The number of aromatic nitrogens is 4. The van der Waals surface area contributed by atoms with Crippen LogP contribution in [0.2, 0.25) is 0 Å². The van der Waals surface area contributed by atoms with Crippen LogP contribution in [-0.4, -0.2) is 32.2 Å². The predicted molar refractivity (Wildman–Crippen MR) is 105 cm³/mol. The highest BCUT2D eigenvalue weighted by Gasteiger charge is 2.29. The number of hydrogen-bond acceptors (Lipinski definition) is 5. The Balaban J connectivity index is 1.48. The van der Waals surface area contributed by atoms with Crippen LogP contribution in [0.3, 0.4) is 0 Å². The van der Waals surface area contributed by atoms with Crippen molar-refractivity contribution >= 4 is 17.7 Å². The molecule has 138 valence electrons. The lowest BCUT2D eigenvalue weighted by Crippen LogP contribution is -2.34. The van der Waals surface area contributed by atoms with E-state index in [9.17, 15) is 4.79 Å². The predicted octanol–water partition coefficient (Wildman–Crippen LogP) is 3.48. The van der Waals surface area contributed by atoms with Crippen molar-refractivity contribution in [2.24, 2.45) is 5.92 Å². The molecule has 0 saturated heterocycles. The molecule has 1 atom stereocenters. The van der Waals surface area contributed by atoms with Gasteiger partial charge < -0.3 is 5.32 Å². The van der Waals surface area contributed by atoms with E-state index in [2.05, 4.69) is 27.8 Å². The largest absolute Gasteiger partial charge is 0.349 e. The summed E-state index contributed by atoms with van der Waals surface area (Å²) in [5, 5.41) is 15.2. The van der Waals surface area contributed by atoms with Crippen LogP contribution in [0.25, 0.3) is 5.69 Å². The third-order valence-electron chi connectivity index (χ3n) is 4.71. The summed E-state index contributed by atoms with van der Waals surface area (Å²) in [6, 6.07) is 17.7. The van der Waals surface area contributed by atoms with Gasteiger partial charge in [-0.3, -0.25) is 4.79 Å². The van der Waals surface area contributed by atoms with Crippen molar-refractivity contribution in [2.45, 2.75) is 36.5 Å². The molecule has 1 heterocycles. The van der Waals surface area contributed by atoms with Gasteiger partial charge in [-0.2, -0.15) is 4.68 Å². The summed E-state index contributed by atoms with van der Waals surface area (Å²) in [6.45, 7) is 2.08. The molecule has 0 spiro atoms. The van der Waals surface area contributed by atoms with E-state index in [0.29, 0.717) is 17.2 Å². The lowest BCUT2D eigenvalue weighted by atomic mass is 10.1. The maximum absolute atomic E-state index is 12.7. The molecule has 0 aliphatic heterocycles. The fraction of sp³-hybridized carbons (Fsp3) is 0.300. The molecular weight excluding hydrogens is 358 g/mol. The molecule has 1 aromatic heterocycles. The molecule has 1 unspecified atom stereocenters. The second-order valence-electron chi connectivity index (χ2n) is 6.73. The van der Waals surface area contributed by atoms with Gasteiger partial charge in [-0.15, -0.1) is 16.9 Å². The first-order valence-corrected chi connectivity index (χ1v) is 10.1. The topological polar surface area (TPSA) is 72.7 Å². The molecule has 6 nitrogen and oxygen atoms in total. The summed E-state index contributed by atoms with van der Waals surface area (Å²) in [7, 11) is 0. The van der Waals surface area contributed by atoms with Crippen molar-refractivity contribution in [1.29, 1.82) is 0 Å². The van der Waals surface area contributed by atoms with Crippen molar-refractivity contribution < 1.29 is 4.79 Å². The fourth-order valence-corrected chi connectivity index (χ4v) is 3.94. The Morgan fingerprint density at radius 3 is 2.70 bits per heavy atom. The maximum Gasteiger partial charge on any atom is 0.252 e. The van der Waals surface area contributed by atoms with Crippen LogP contribution in [0.4, 0.5) is 0 Å². The van der Waals surface area contributed by atoms with Crippen molar-refractivity contribution in [3.63, 3.8) is 0 Å². The Labute approximate surface area is 162 Å². The Bertz CT molecular complexity index is 923. The third kappa shape index (κ3) is 4.19. The van der Waals surface area contributed by atoms with Crippen LogP contribution in [0.5, 0.6) is 0 Å². The smallest absolute Gasteiger partial charge is 0.252 e. The van der Waals surface area contributed by atoms with Crippen LogP contribution < -0.4 is 5.32 Å². The second-order valence-corrected chi connectivity index (χ2v) is 7.74. The monoisotopic (exact) mass is 379 g/mol. The number of carbonyl (C=O) groups is 1. The number of rotatable bonds is 7. The van der Waals surface area contributed by atoms with Gasteiger partial charge in [-0.1, -0.05) is 30.3 Å². The number of amides is 1. The molecule has 1 saturated carbocycles. The molecule has 4 rings (SSSR count). The molecule has 7 heteroatoms. The van der Waals surface area contributed by atoms with Crippen molar-refractivity contribution in [3.8, 4) is 5.69 Å². The van der Waals surface area contributed by atoms with Gasteiger partial charge in [0.1, 0.15) is 0 Å². The van der Waals surface area contributed by atoms with E-state index >= 15 is 0 Å². The van der Waals surface area contributed by atoms with Gasteiger partial charge in [0.15, 0.2) is 5.82 Å². The molecule has 3 aromatic rings. The highest BCUT2D eigenvalue weighted by Crippen LogP contribution is 2.33. The normalized spacial score (nSPS) is 14.7. The van der Waals surface area contributed by atoms with Crippen LogP contribution in [0.15, 0.2) is 59.5 Å². The number of hydrogen-bond donors (Lipinski definition) is 1. The van der Waals surface area contributed by atoms with Crippen LogP contribution >= 0.6 is 11.8 Å². The van der Waals surface area contributed by atoms with Crippen LogP contribution in [-0.2, 0) is 5.75 Å². The zero-order chi connectivity index (χ0) is 18.6. The summed E-state index contributed by atoms with van der Waals surface area (Å²) < 4.78 is 1.73. The molecule has 1 aliphatic carbocycles. The van der Waals surface area contributed by atoms with Gasteiger partial charge in [0.05, 0.1) is 17.0 Å². The average molecular weight is 379 g/mol. The van der Waals surface area contributed by atoms with Crippen molar-refractivity contribution in [1.82, 2.24) is 25.5 Å². The third-order valence-corrected chi connectivity index (χ3v) is 5.78. The first kappa shape index (κ1) is 17.7. The van der Waals surface area contributed by atoms with Crippen molar-refractivity contribution in [2.75, 3.05) is 0 Å². The summed E-state index contributed by atoms with van der Waals surface area (Å²) in [6.07, 6.45) is 2.42. The fourth-order valence-electron chi connectivity index (χ4n) is 2.99. The molecule has 1 amide bonds. The summed E-state index contributed by atoms with van der Waals surface area (Å²) in [5.74, 6) is 1.93. The van der Waals surface area contributed by atoms with Gasteiger partial charge >= 0.3 is 0 Å². The molecule has 2 aromatic carbocycles. The van der Waals surface area contributed by atoms with Gasteiger partial charge in [-0.05, 0) is 60.4 Å². The molecule has 1 N–H and O–H groups in total. The SMILES string of the molecule is CC(NC(=O)c1ccccc1SCc1nnnn1-c1ccccc1)C1CC1. The summed E-state index contributed by atoms with van der Waals surface area (Å²) >= 11 is 1.57. The number of thioether (sulfide) groups is 1. The standard InChI is InChI=1S/C20H21N5OS/c1-14(15-11-12-15)21-20(26)17-9-5-6-10-18(17)27-13-19-22-23-24-25(19)16-7-3-2-4-8-16/h2-10,14-15H,11-13H2,1H3,(H,21,26). The van der Waals surface area contributed by atoms with Crippen LogP contribution in [0.1, 0.15) is 35.9 Å². The average Bonchev–Trinajstić information content (AvgIpc) is 3.45. The number of nitrogens with zero attached hydrogens (tertiary/aromatic N) is 4. The minimum absolute atomic E-state index is 0.0137. The quantitative estimate of drug-likeness (QED) is 0.636. The van der Waals surface area contributed by atoms with E-state index in [1.54, 1.807) is 16.4 Å². The lowest BCUT2D eigenvalue weighted by Gasteiger charge is -2.14. The van der Waals surface area contributed by atoms with Gasteiger partial charge in [0.2, 0.25) is 0 Å². The Kier molecular flexibility index (Phi) is 5.20. The van der Waals surface area contributed by atoms with Crippen LogP contribution in [0, 0.1) is 5.92 Å². The van der Waals surface area contributed by atoms with Gasteiger partial charge in [0.25, 0.3) is 5.91 Å². The Morgan fingerprint density at radius 1 is 1.19 bits per heavy atom. The highest BCUT2D eigenvalue weighted by molar-refractivity contribution is 7.98. The lowest BCUT2D eigenvalue weighted by molar-refractivity contribution is 0.0933. The van der Waals surface area contributed by atoms with E-state index < -0.39 is 0 Å². The number of carbonyl (C=O) groups excluding carboxylic acids is 1. The van der Waals surface area contributed by atoms with E-state index in [0.717, 1.165) is 16.4 Å². The van der Waals surface area contributed by atoms with Gasteiger partial charge in [0, 0.05) is 10.9 Å². The molecule has 1 aliphatic rings. The molecular formula is C20H21N5OS. The molecule has 27 heavy (non-hydrogen) atoms. The Hall–Kier alpha value is -2.67. The van der Waals surface area contributed by atoms with Crippen molar-refractivity contribution in [3.05, 3.63) is 66.0 Å².